The maximum absolute atomic E-state index is 11.7. The molecule has 0 aliphatic carbocycles. The Balaban J connectivity index is 2.16. The molecule has 0 radical (unpaired) electrons. The van der Waals surface area contributed by atoms with Gasteiger partial charge in [0.1, 0.15) is 4.34 Å². The van der Waals surface area contributed by atoms with Gasteiger partial charge in [0.25, 0.3) is 0 Å². The van der Waals surface area contributed by atoms with Gasteiger partial charge in [0, 0.05) is 10.9 Å². The molecule has 2 heterocycles. The van der Waals surface area contributed by atoms with E-state index in [1.165, 1.54) is 34.4 Å². The number of rotatable bonds is 4. The van der Waals surface area contributed by atoms with Crippen LogP contribution >= 0.6 is 57.6 Å². The minimum absolute atomic E-state index is 0.0529. The molecular formula is C11H10Cl2N2OS3. The second-order valence-corrected chi connectivity index (χ2v) is 7.97. The van der Waals surface area contributed by atoms with Crippen molar-refractivity contribution in [3.8, 4) is 11.3 Å². The number of nitrogens with zero attached hydrogens (tertiary/aromatic N) is 1. The lowest BCUT2D eigenvalue weighted by Gasteiger charge is -2.06. The Morgan fingerprint density at radius 2 is 2.26 bits per heavy atom. The van der Waals surface area contributed by atoms with Crippen molar-refractivity contribution < 1.29 is 4.79 Å². The highest BCUT2D eigenvalue weighted by Crippen LogP contribution is 2.38. The fraction of sp³-hybridized carbons (Fsp3) is 0.273. The molecule has 0 spiro atoms. The third-order valence-corrected chi connectivity index (χ3v) is 5.56. The van der Waals surface area contributed by atoms with Gasteiger partial charge < -0.3 is 5.32 Å². The highest BCUT2D eigenvalue weighted by Gasteiger charge is 2.15. The second kappa shape index (κ2) is 6.45. The van der Waals surface area contributed by atoms with E-state index in [0.29, 0.717) is 13.8 Å². The van der Waals surface area contributed by atoms with Crippen LogP contribution in [0.15, 0.2) is 11.4 Å². The van der Waals surface area contributed by atoms with Gasteiger partial charge in [0.2, 0.25) is 5.91 Å². The van der Waals surface area contributed by atoms with Crippen LogP contribution in [0.4, 0.5) is 5.13 Å². The standard InChI is InChI=1S/C11H10Cl2N2OS3/c1-5(17-2)10(16)15-11-14-7(4-18-11)6-3-8(12)19-9(6)13/h3-5H,1-2H3,(H,14,15,16). The first-order chi connectivity index (χ1) is 9.01. The summed E-state index contributed by atoms with van der Waals surface area (Å²) < 4.78 is 1.22. The van der Waals surface area contributed by atoms with E-state index in [4.69, 9.17) is 23.2 Å². The van der Waals surface area contributed by atoms with E-state index in [2.05, 4.69) is 10.3 Å². The van der Waals surface area contributed by atoms with Gasteiger partial charge in [0.15, 0.2) is 5.13 Å². The number of carbonyl (C=O) groups excluding carboxylic acids is 1. The van der Waals surface area contributed by atoms with E-state index in [9.17, 15) is 4.79 Å². The smallest absolute Gasteiger partial charge is 0.238 e. The minimum Gasteiger partial charge on any atom is -0.301 e. The van der Waals surface area contributed by atoms with Crippen molar-refractivity contribution in [3.05, 3.63) is 20.1 Å². The number of amides is 1. The Kier molecular flexibility index (Phi) is 5.14. The highest BCUT2D eigenvalue weighted by molar-refractivity contribution is 7.99. The fourth-order valence-corrected chi connectivity index (χ4v) is 3.75. The van der Waals surface area contributed by atoms with Crippen LogP contribution in [0.5, 0.6) is 0 Å². The molecule has 0 aliphatic heterocycles. The number of aromatic nitrogens is 1. The maximum Gasteiger partial charge on any atom is 0.238 e. The molecule has 0 bridgehead atoms. The number of thiophene rings is 1. The topological polar surface area (TPSA) is 42.0 Å². The SMILES string of the molecule is CSC(C)C(=O)Nc1nc(-c2cc(Cl)sc2Cl)cs1. The summed E-state index contributed by atoms with van der Waals surface area (Å²) in [4.78, 5) is 16.1. The van der Waals surface area contributed by atoms with Gasteiger partial charge in [-0.3, -0.25) is 4.79 Å². The van der Waals surface area contributed by atoms with Crippen LogP contribution in [0.3, 0.4) is 0 Å². The van der Waals surface area contributed by atoms with Gasteiger partial charge in [-0.15, -0.1) is 22.7 Å². The summed E-state index contributed by atoms with van der Waals surface area (Å²) in [5, 5.41) is 5.10. The Morgan fingerprint density at radius 3 is 2.84 bits per heavy atom. The summed E-state index contributed by atoms with van der Waals surface area (Å²) in [5.41, 5.74) is 1.52. The van der Waals surface area contributed by atoms with E-state index >= 15 is 0 Å². The summed E-state index contributed by atoms with van der Waals surface area (Å²) in [6.07, 6.45) is 1.89. The lowest BCUT2D eigenvalue weighted by molar-refractivity contribution is -0.115. The van der Waals surface area contributed by atoms with E-state index in [1.54, 1.807) is 6.07 Å². The first-order valence-corrected chi connectivity index (χ1v) is 8.99. The summed E-state index contributed by atoms with van der Waals surface area (Å²) in [7, 11) is 0. The second-order valence-electron chi connectivity index (χ2n) is 3.64. The third-order valence-electron chi connectivity index (χ3n) is 2.39. The van der Waals surface area contributed by atoms with Crippen LogP contribution < -0.4 is 5.32 Å². The Bertz CT molecular complexity index is 597. The predicted molar refractivity (Wildman–Crippen MR) is 87.1 cm³/mol. The number of hydrogen-bond acceptors (Lipinski definition) is 5. The molecule has 0 saturated carbocycles. The number of anilines is 1. The molecule has 2 aromatic rings. The molecule has 0 aromatic carbocycles. The van der Waals surface area contributed by atoms with Crippen LogP contribution in [-0.2, 0) is 4.79 Å². The van der Waals surface area contributed by atoms with Crippen LogP contribution in [0.25, 0.3) is 11.3 Å². The quantitative estimate of drug-likeness (QED) is 0.853. The zero-order valence-electron chi connectivity index (χ0n) is 10.1. The summed E-state index contributed by atoms with van der Waals surface area (Å²) >= 11 is 16.1. The molecule has 3 nitrogen and oxygen atoms in total. The number of nitrogens with one attached hydrogen (secondary N) is 1. The average Bonchev–Trinajstić information content (AvgIpc) is 2.94. The molecule has 1 N–H and O–H groups in total. The van der Waals surface area contributed by atoms with Gasteiger partial charge >= 0.3 is 0 Å². The van der Waals surface area contributed by atoms with Crippen LogP contribution in [0.2, 0.25) is 8.67 Å². The summed E-state index contributed by atoms with van der Waals surface area (Å²) in [6.45, 7) is 1.85. The predicted octanol–water partition coefficient (Wildman–Crippen LogP) is 4.87. The molecular weight excluding hydrogens is 343 g/mol. The number of halogens is 2. The van der Waals surface area contributed by atoms with Gasteiger partial charge in [0.05, 0.1) is 15.3 Å². The lowest BCUT2D eigenvalue weighted by Crippen LogP contribution is -2.21. The van der Waals surface area contributed by atoms with Crippen molar-refractivity contribution >= 4 is 68.7 Å². The van der Waals surface area contributed by atoms with E-state index in [-0.39, 0.29) is 11.2 Å². The molecule has 1 unspecified atom stereocenters. The van der Waals surface area contributed by atoms with Crippen molar-refractivity contribution in [1.82, 2.24) is 4.98 Å². The van der Waals surface area contributed by atoms with Crippen LogP contribution in [-0.4, -0.2) is 22.4 Å². The largest absolute Gasteiger partial charge is 0.301 e. The maximum atomic E-state index is 11.7. The third kappa shape index (κ3) is 3.64. The molecule has 19 heavy (non-hydrogen) atoms. The zero-order valence-corrected chi connectivity index (χ0v) is 14.0. The van der Waals surface area contributed by atoms with Gasteiger partial charge in [-0.05, 0) is 19.2 Å². The molecule has 2 aromatic heterocycles. The van der Waals surface area contributed by atoms with Crippen molar-refractivity contribution in [3.63, 3.8) is 0 Å². The molecule has 2 rings (SSSR count). The van der Waals surface area contributed by atoms with E-state index < -0.39 is 0 Å². The van der Waals surface area contributed by atoms with Crippen molar-refractivity contribution in [2.75, 3.05) is 11.6 Å². The van der Waals surface area contributed by atoms with Gasteiger partial charge in [-0.25, -0.2) is 4.98 Å². The van der Waals surface area contributed by atoms with Crippen molar-refractivity contribution in [2.45, 2.75) is 12.2 Å². The summed E-state index contributed by atoms with van der Waals surface area (Å²) in [6, 6.07) is 1.78. The molecule has 1 amide bonds. The lowest BCUT2D eigenvalue weighted by atomic mass is 10.3. The Hall–Kier alpha value is -0.270. The molecule has 1 atom stereocenters. The molecule has 0 fully saturated rings. The fourth-order valence-electron chi connectivity index (χ4n) is 1.28. The van der Waals surface area contributed by atoms with E-state index in [0.717, 1.165) is 11.3 Å². The van der Waals surface area contributed by atoms with Crippen molar-refractivity contribution in [2.24, 2.45) is 0 Å². The normalized spacial score (nSPS) is 12.4. The van der Waals surface area contributed by atoms with Gasteiger partial charge in [-0.2, -0.15) is 11.8 Å². The summed E-state index contributed by atoms with van der Waals surface area (Å²) in [5.74, 6) is -0.0529. The first-order valence-electron chi connectivity index (χ1n) is 5.25. The van der Waals surface area contributed by atoms with E-state index in [1.807, 2.05) is 18.6 Å². The first kappa shape index (κ1) is 15.1. The minimum atomic E-state index is -0.105. The zero-order chi connectivity index (χ0) is 14.0. The van der Waals surface area contributed by atoms with Crippen molar-refractivity contribution in [1.29, 1.82) is 0 Å². The number of thiazole rings is 1. The molecule has 102 valence electrons. The Labute approximate surface area is 133 Å². The van der Waals surface area contributed by atoms with Crippen LogP contribution in [0, 0.1) is 0 Å². The Morgan fingerprint density at radius 1 is 1.53 bits per heavy atom. The highest BCUT2D eigenvalue weighted by atomic mass is 35.5. The van der Waals surface area contributed by atoms with Gasteiger partial charge in [-0.1, -0.05) is 23.2 Å². The average molecular weight is 353 g/mol. The van der Waals surface area contributed by atoms with Crippen LogP contribution in [0.1, 0.15) is 6.92 Å². The molecule has 0 saturated heterocycles. The number of carbonyl (C=O) groups is 1. The number of hydrogen-bond donors (Lipinski definition) is 1. The monoisotopic (exact) mass is 352 g/mol. The molecule has 0 aliphatic rings. The number of thioether (sulfide) groups is 1. The molecule has 8 heteroatoms.